The van der Waals surface area contributed by atoms with Crippen LogP contribution in [-0.4, -0.2) is 15.9 Å². The third-order valence-corrected chi connectivity index (χ3v) is 3.56. The number of amides is 1. The Kier molecular flexibility index (Phi) is 5.89. The second-order valence-corrected chi connectivity index (χ2v) is 5.06. The van der Waals surface area contributed by atoms with Crippen molar-refractivity contribution in [1.82, 2.24) is 4.98 Å². The molecule has 1 rings (SSSR count). The van der Waals surface area contributed by atoms with Gasteiger partial charge < -0.3 is 11.1 Å². The molecular formula is C14H21N3OS. The Labute approximate surface area is 119 Å². The standard InChI is InChI=1S/C14H21N3OS/c1-3-8-14(9-4-2,12(15)19)13(18)17-11-7-5-6-10-16-11/h5-7,10H,3-4,8-9H2,1-2H3,(H2,15,19)(H,16,17,18). The average molecular weight is 279 g/mol. The summed E-state index contributed by atoms with van der Waals surface area (Å²) in [4.78, 5) is 16.9. The Morgan fingerprint density at radius 3 is 2.42 bits per heavy atom. The molecule has 19 heavy (non-hydrogen) atoms. The van der Waals surface area contributed by atoms with E-state index in [1.807, 2.05) is 19.9 Å². The van der Waals surface area contributed by atoms with Crippen LogP contribution in [0.1, 0.15) is 39.5 Å². The predicted molar refractivity (Wildman–Crippen MR) is 81.9 cm³/mol. The van der Waals surface area contributed by atoms with Crippen LogP contribution in [0.5, 0.6) is 0 Å². The highest BCUT2D eigenvalue weighted by Crippen LogP contribution is 2.32. The summed E-state index contributed by atoms with van der Waals surface area (Å²) in [5, 5.41) is 2.82. The van der Waals surface area contributed by atoms with Crippen molar-refractivity contribution >= 4 is 28.9 Å². The summed E-state index contributed by atoms with van der Waals surface area (Å²) in [5.74, 6) is 0.378. The Morgan fingerprint density at radius 2 is 2.00 bits per heavy atom. The molecule has 0 bridgehead atoms. The summed E-state index contributed by atoms with van der Waals surface area (Å²) in [6.45, 7) is 4.05. The molecule has 0 fully saturated rings. The van der Waals surface area contributed by atoms with Crippen LogP contribution in [0, 0.1) is 5.41 Å². The third kappa shape index (κ3) is 3.73. The molecular weight excluding hydrogens is 258 g/mol. The van der Waals surface area contributed by atoms with E-state index >= 15 is 0 Å². The van der Waals surface area contributed by atoms with Crippen molar-refractivity contribution < 1.29 is 4.79 Å². The maximum atomic E-state index is 12.5. The number of thiocarbonyl (C=S) groups is 1. The fourth-order valence-corrected chi connectivity index (χ4v) is 2.53. The van der Waals surface area contributed by atoms with Gasteiger partial charge in [-0.2, -0.15) is 0 Å². The molecule has 0 aliphatic heterocycles. The van der Waals surface area contributed by atoms with Crippen LogP contribution < -0.4 is 11.1 Å². The smallest absolute Gasteiger partial charge is 0.238 e. The van der Waals surface area contributed by atoms with Crippen molar-refractivity contribution in [2.75, 3.05) is 5.32 Å². The first-order valence-electron chi connectivity index (χ1n) is 6.59. The van der Waals surface area contributed by atoms with Gasteiger partial charge in [0.2, 0.25) is 5.91 Å². The molecule has 104 valence electrons. The van der Waals surface area contributed by atoms with Gasteiger partial charge in [0.25, 0.3) is 0 Å². The number of hydrogen-bond donors (Lipinski definition) is 2. The van der Waals surface area contributed by atoms with E-state index in [9.17, 15) is 4.79 Å². The van der Waals surface area contributed by atoms with Crippen LogP contribution in [0.25, 0.3) is 0 Å². The summed E-state index contributed by atoms with van der Waals surface area (Å²) in [7, 11) is 0. The van der Waals surface area contributed by atoms with Crippen LogP contribution >= 0.6 is 12.2 Å². The summed E-state index contributed by atoms with van der Waals surface area (Å²) in [5.41, 5.74) is 5.08. The maximum Gasteiger partial charge on any atom is 0.238 e. The van der Waals surface area contributed by atoms with Crippen LogP contribution in [0.15, 0.2) is 24.4 Å². The lowest BCUT2D eigenvalue weighted by molar-refractivity contribution is -0.122. The number of nitrogens with two attached hydrogens (primary N) is 1. The van der Waals surface area contributed by atoms with Crippen LogP contribution in [0.4, 0.5) is 5.82 Å². The Hall–Kier alpha value is -1.49. The van der Waals surface area contributed by atoms with Gasteiger partial charge in [-0.3, -0.25) is 4.79 Å². The first-order chi connectivity index (χ1) is 9.06. The van der Waals surface area contributed by atoms with E-state index in [2.05, 4.69) is 10.3 Å². The zero-order chi connectivity index (χ0) is 14.3. The first kappa shape index (κ1) is 15.6. The molecule has 1 aromatic heterocycles. The first-order valence-corrected chi connectivity index (χ1v) is 7.00. The molecule has 0 aromatic carbocycles. The molecule has 0 spiro atoms. The Balaban J connectivity index is 2.96. The lowest BCUT2D eigenvalue weighted by Crippen LogP contribution is -2.46. The molecule has 0 atom stereocenters. The van der Waals surface area contributed by atoms with Crippen molar-refractivity contribution in [1.29, 1.82) is 0 Å². The number of hydrogen-bond acceptors (Lipinski definition) is 3. The van der Waals surface area contributed by atoms with E-state index in [4.69, 9.17) is 18.0 Å². The maximum absolute atomic E-state index is 12.5. The second-order valence-electron chi connectivity index (χ2n) is 4.62. The number of rotatable bonds is 7. The van der Waals surface area contributed by atoms with E-state index < -0.39 is 5.41 Å². The normalized spacial score (nSPS) is 11.1. The largest absolute Gasteiger partial charge is 0.392 e. The van der Waals surface area contributed by atoms with Gasteiger partial charge in [-0.15, -0.1) is 0 Å². The molecule has 0 radical (unpaired) electrons. The Bertz CT molecular complexity index is 428. The van der Waals surface area contributed by atoms with Gasteiger partial charge >= 0.3 is 0 Å². The van der Waals surface area contributed by atoms with Crippen molar-refractivity contribution in [3.63, 3.8) is 0 Å². The zero-order valence-corrected chi connectivity index (χ0v) is 12.3. The minimum absolute atomic E-state index is 0.151. The van der Waals surface area contributed by atoms with Crippen LogP contribution in [0.2, 0.25) is 0 Å². The van der Waals surface area contributed by atoms with Crippen molar-refractivity contribution in [2.45, 2.75) is 39.5 Å². The number of carbonyl (C=O) groups excluding carboxylic acids is 1. The number of anilines is 1. The molecule has 3 N–H and O–H groups in total. The van der Waals surface area contributed by atoms with E-state index in [1.165, 1.54) is 0 Å². The monoisotopic (exact) mass is 279 g/mol. The van der Waals surface area contributed by atoms with Gasteiger partial charge in [0, 0.05) is 6.20 Å². The SMILES string of the molecule is CCCC(CCC)(C(=O)Nc1ccccn1)C(N)=S. The summed E-state index contributed by atoms with van der Waals surface area (Å²) < 4.78 is 0. The fourth-order valence-electron chi connectivity index (χ4n) is 2.24. The highest BCUT2D eigenvalue weighted by Gasteiger charge is 2.39. The number of nitrogens with one attached hydrogen (secondary N) is 1. The number of carbonyl (C=O) groups is 1. The minimum Gasteiger partial charge on any atom is -0.392 e. The quantitative estimate of drug-likeness (QED) is 0.753. The fraction of sp³-hybridized carbons (Fsp3) is 0.500. The van der Waals surface area contributed by atoms with E-state index in [1.54, 1.807) is 18.3 Å². The molecule has 5 heteroatoms. The van der Waals surface area contributed by atoms with Gasteiger partial charge in [0.1, 0.15) is 5.82 Å². The van der Waals surface area contributed by atoms with E-state index in [0.717, 1.165) is 12.8 Å². The van der Waals surface area contributed by atoms with Gasteiger partial charge in [-0.25, -0.2) is 4.98 Å². The molecule has 0 saturated carbocycles. The lowest BCUT2D eigenvalue weighted by Gasteiger charge is -2.30. The minimum atomic E-state index is -0.768. The second kappa shape index (κ2) is 7.19. The van der Waals surface area contributed by atoms with Gasteiger partial charge in [-0.05, 0) is 25.0 Å². The number of pyridine rings is 1. The number of aromatic nitrogens is 1. The molecule has 0 saturated heterocycles. The van der Waals surface area contributed by atoms with Gasteiger partial charge in [0.15, 0.2) is 0 Å². The molecule has 0 aliphatic carbocycles. The molecule has 1 aromatic rings. The van der Waals surface area contributed by atoms with Crippen molar-refractivity contribution in [2.24, 2.45) is 11.1 Å². The highest BCUT2D eigenvalue weighted by atomic mass is 32.1. The average Bonchev–Trinajstić information content (AvgIpc) is 2.39. The zero-order valence-electron chi connectivity index (χ0n) is 11.5. The Morgan fingerprint density at radius 1 is 1.37 bits per heavy atom. The molecule has 0 aliphatic rings. The lowest BCUT2D eigenvalue weighted by atomic mass is 9.78. The van der Waals surface area contributed by atoms with Gasteiger partial charge in [0.05, 0.1) is 10.4 Å². The molecule has 1 amide bonds. The van der Waals surface area contributed by atoms with Crippen molar-refractivity contribution in [3.05, 3.63) is 24.4 Å². The van der Waals surface area contributed by atoms with E-state index in [-0.39, 0.29) is 10.9 Å². The molecule has 0 unspecified atom stereocenters. The van der Waals surface area contributed by atoms with Gasteiger partial charge in [-0.1, -0.05) is 45.0 Å². The van der Waals surface area contributed by atoms with Crippen LogP contribution in [-0.2, 0) is 4.79 Å². The highest BCUT2D eigenvalue weighted by molar-refractivity contribution is 7.80. The van der Waals surface area contributed by atoms with Crippen LogP contribution in [0.3, 0.4) is 0 Å². The summed E-state index contributed by atoms with van der Waals surface area (Å²) in [6, 6.07) is 5.37. The number of nitrogens with zero attached hydrogens (tertiary/aromatic N) is 1. The van der Waals surface area contributed by atoms with E-state index in [0.29, 0.717) is 18.7 Å². The summed E-state index contributed by atoms with van der Waals surface area (Å²) >= 11 is 5.15. The molecule has 1 heterocycles. The topological polar surface area (TPSA) is 68.0 Å². The predicted octanol–water partition coefficient (Wildman–Crippen LogP) is 2.89. The summed E-state index contributed by atoms with van der Waals surface area (Å²) in [6.07, 6.45) is 4.67. The third-order valence-electron chi connectivity index (χ3n) is 3.17. The van der Waals surface area contributed by atoms with Crippen molar-refractivity contribution in [3.8, 4) is 0 Å². The molecule has 4 nitrogen and oxygen atoms in total.